The normalized spacial score (nSPS) is 17.4. The highest BCUT2D eigenvalue weighted by molar-refractivity contribution is 7.91. The Kier molecular flexibility index (Phi) is 4.59. The smallest absolute Gasteiger partial charge is 0.326 e. The summed E-state index contributed by atoms with van der Waals surface area (Å²) in [6.45, 7) is 0.389. The van der Waals surface area contributed by atoms with Crippen molar-refractivity contribution in [3.63, 3.8) is 0 Å². The van der Waals surface area contributed by atoms with E-state index in [-0.39, 0.29) is 15.4 Å². The van der Waals surface area contributed by atoms with Crippen LogP contribution in [0.2, 0.25) is 0 Å². The van der Waals surface area contributed by atoms with Crippen LogP contribution in [-0.2, 0) is 14.6 Å². The molecule has 1 heterocycles. The van der Waals surface area contributed by atoms with E-state index in [1.54, 1.807) is 18.2 Å². The minimum Gasteiger partial charge on any atom is -0.480 e. The van der Waals surface area contributed by atoms with Gasteiger partial charge in [-0.2, -0.15) is 0 Å². The van der Waals surface area contributed by atoms with Crippen molar-refractivity contribution < 1.29 is 23.1 Å². The molecular formula is C18H17NO5S. The number of amides is 1. The van der Waals surface area contributed by atoms with Crippen molar-refractivity contribution >= 4 is 21.7 Å². The van der Waals surface area contributed by atoms with Crippen LogP contribution in [0.25, 0.3) is 0 Å². The van der Waals surface area contributed by atoms with Crippen molar-refractivity contribution in [2.75, 3.05) is 6.54 Å². The number of benzene rings is 2. The highest BCUT2D eigenvalue weighted by Gasteiger charge is 2.34. The molecule has 2 aromatic rings. The molecule has 1 unspecified atom stereocenters. The van der Waals surface area contributed by atoms with E-state index < -0.39 is 27.8 Å². The summed E-state index contributed by atoms with van der Waals surface area (Å²) in [5.41, 5.74) is 0.278. The summed E-state index contributed by atoms with van der Waals surface area (Å²) in [5, 5.41) is 9.18. The number of aliphatic carboxylic acids is 1. The molecule has 2 aromatic carbocycles. The fourth-order valence-corrected chi connectivity index (χ4v) is 4.23. The molecule has 0 bridgehead atoms. The maximum atomic E-state index is 12.5. The van der Waals surface area contributed by atoms with E-state index in [1.165, 1.54) is 41.3 Å². The van der Waals surface area contributed by atoms with Gasteiger partial charge in [-0.3, -0.25) is 4.79 Å². The molecule has 1 N–H and O–H groups in total. The molecule has 1 saturated heterocycles. The van der Waals surface area contributed by atoms with Gasteiger partial charge in [-0.05, 0) is 49.2 Å². The van der Waals surface area contributed by atoms with Gasteiger partial charge in [0.1, 0.15) is 6.04 Å². The van der Waals surface area contributed by atoms with E-state index in [0.29, 0.717) is 19.4 Å². The molecule has 0 radical (unpaired) electrons. The Bertz CT molecular complexity index is 891. The number of carboxylic acids is 1. The minimum absolute atomic E-state index is 0.0893. The van der Waals surface area contributed by atoms with Crippen LogP contribution < -0.4 is 0 Å². The number of carbonyl (C=O) groups is 2. The molecule has 0 aromatic heterocycles. The van der Waals surface area contributed by atoms with E-state index >= 15 is 0 Å². The minimum atomic E-state index is -3.64. The predicted octanol–water partition coefficient (Wildman–Crippen LogP) is 2.21. The second-order valence-electron chi connectivity index (χ2n) is 5.84. The summed E-state index contributed by atoms with van der Waals surface area (Å²) in [6.07, 6.45) is 1.07. The van der Waals surface area contributed by atoms with Gasteiger partial charge in [-0.15, -0.1) is 0 Å². The van der Waals surface area contributed by atoms with Gasteiger partial charge < -0.3 is 10.0 Å². The Morgan fingerprint density at radius 1 is 0.960 bits per heavy atom. The highest BCUT2D eigenvalue weighted by atomic mass is 32.2. The molecule has 1 atom stereocenters. The van der Waals surface area contributed by atoms with Crippen LogP contribution in [-0.4, -0.2) is 42.9 Å². The van der Waals surface area contributed by atoms with Gasteiger partial charge in [-0.1, -0.05) is 18.2 Å². The van der Waals surface area contributed by atoms with Crippen LogP contribution in [0.15, 0.2) is 64.4 Å². The largest absolute Gasteiger partial charge is 0.480 e. The lowest BCUT2D eigenvalue weighted by molar-refractivity contribution is -0.141. The number of hydrogen-bond donors (Lipinski definition) is 1. The van der Waals surface area contributed by atoms with Gasteiger partial charge in [0.15, 0.2) is 0 Å². The predicted molar refractivity (Wildman–Crippen MR) is 90.0 cm³/mol. The average Bonchev–Trinajstić information content (AvgIpc) is 3.12. The van der Waals surface area contributed by atoms with E-state index in [4.69, 9.17) is 0 Å². The molecule has 3 rings (SSSR count). The van der Waals surface area contributed by atoms with Crippen LogP contribution in [0.1, 0.15) is 23.2 Å². The third-order valence-corrected chi connectivity index (χ3v) is 6.05. The van der Waals surface area contributed by atoms with Crippen molar-refractivity contribution in [2.45, 2.75) is 28.7 Å². The number of hydrogen-bond acceptors (Lipinski definition) is 4. The fourth-order valence-electron chi connectivity index (χ4n) is 2.94. The SMILES string of the molecule is O=C(O)C1CCCN1C(=O)c1ccc(S(=O)(=O)c2ccccc2)cc1. The molecule has 1 amide bonds. The van der Waals surface area contributed by atoms with Crippen LogP contribution in [0.3, 0.4) is 0 Å². The molecule has 7 heteroatoms. The van der Waals surface area contributed by atoms with Gasteiger partial charge >= 0.3 is 5.97 Å². The molecule has 1 fully saturated rings. The summed E-state index contributed by atoms with van der Waals surface area (Å²) < 4.78 is 25.1. The lowest BCUT2D eigenvalue weighted by atomic mass is 10.1. The second kappa shape index (κ2) is 6.68. The summed E-state index contributed by atoms with van der Waals surface area (Å²) in [6, 6.07) is 12.8. The summed E-state index contributed by atoms with van der Waals surface area (Å²) in [7, 11) is -3.64. The van der Waals surface area contributed by atoms with E-state index in [2.05, 4.69) is 0 Å². The maximum Gasteiger partial charge on any atom is 0.326 e. The Hall–Kier alpha value is -2.67. The van der Waals surface area contributed by atoms with Crippen LogP contribution in [0, 0.1) is 0 Å². The van der Waals surface area contributed by atoms with Gasteiger partial charge in [0.25, 0.3) is 5.91 Å². The molecule has 0 spiro atoms. The first kappa shape index (κ1) is 17.2. The molecule has 1 aliphatic rings. The lowest BCUT2D eigenvalue weighted by Crippen LogP contribution is -2.40. The Morgan fingerprint density at radius 3 is 2.16 bits per heavy atom. The standard InChI is InChI=1S/C18H17NO5S/c20-17(19-12-4-7-16(19)18(21)22)13-8-10-15(11-9-13)25(23,24)14-5-2-1-3-6-14/h1-3,5-6,8-11,16H,4,7,12H2,(H,21,22). The zero-order valence-corrected chi connectivity index (χ0v) is 14.1. The van der Waals surface area contributed by atoms with Crippen LogP contribution in [0.4, 0.5) is 0 Å². The zero-order chi connectivity index (χ0) is 18.0. The number of rotatable bonds is 4. The molecule has 0 aliphatic carbocycles. The number of nitrogens with zero attached hydrogens (tertiary/aromatic N) is 1. The molecule has 1 aliphatic heterocycles. The van der Waals surface area contributed by atoms with Gasteiger partial charge in [0.2, 0.25) is 9.84 Å². The number of carboxylic acid groups (broad SMARTS) is 1. The molecule has 0 saturated carbocycles. The van der Waals surface area contributed by atoms with E-state index in [9.17, 15) is 23.1 Å². The Balaban J connectivity index is 1.85. The van der Waals surface area contributed by atoms with Crippen molar-refractivity contribution in [2.24, 2.45) is 0 Å². The van der Waals surface area contributed by atoms with Crippen molar-refractivity contribution in [1.29, 1.82) is 0 Å². The zero-order valence-electron chi connectivity index (χ0n) is 13.3. The first-order chi connectivity index (χ1) is 11.9. The summed E-state index contributed by atoms with van der Waals surface area (Å²) >= 11 is 0. The van der Waals surface area contributed by atoms with Crippen molar-refractivity contribution in [3.8, 4) is 0 Å². The van der Waals surface area contributed by atoms with E-state index in [1.807, 2.05) is 0 Å². The first-order valence-electron chi connectivity index (χ1n) is 7.85. The van der Waals surface area contributed by atoms with Gasteiger partial charge in [-0.25, -0.2) is 13.2 Å². The molecule has 25 heavy (non-hydrogen) atoms. The third kappa shape index (κ3) is 3.28. The van der Waals surface area contributed by atoms with Crippen molar-refractivity contribution in [3.05, 3.63) is 60.2 Å². The maximum absolute atomic E-state index is 12.5. The number of sulfone groups is 1. The third-order valence-electron chi connectivity index (χ3n) is 4.26. The summed E-state index contributed by atoms with van der Waals surface area (Å²) in [4.78, 5) is 25.3. The molecule has 6 nitrogen and oxygen atoms in total. The Labute approximate surface area is 145 Å². The molecule has 130 valence electrons. The monoisotopic (exact) mass is 359 g/mol. The summed E-state index contributed by atoms with van der Waals surface area (Å²) in [5.74, 6) is -1.41. The quantitative estimate of drug-likeness (QED) is 0.904. The number of carbonyl (C=O) groups excluding carboxylic acids is 1. The topological polar surface area (TPSA) is 91.8 Å². The van der Waals surface area contributed by atoms with E-state index in [0.717, 1.165) is 0 Å². The van der Waals surface area contributed by atoms with Gasteiger partial charge in [0.05, 0.1) is 9.79 Å². The average molecular weight is 359 g/mol. The van der Waals surface area contributed by atoms with Crippen LogP contribution in [0.5, 0.6) is 0 Å². The fraction of sp³-hybridized carbons (Fsp3) is 0.222. The second-order valence-corrected chi connectivity index (χ2v) is 7.79. The Morgan fingerprint density at radius 2 is 1.56 bits per heavy atom. The van der Waals surface area contributed by atoms with Crippen LogP contribution >= 0.6 is 0 Å². The van der Waals surface area contributed by atoms with Gasteiger partial charge in [0, 0.05) is 12.1 Å². The molecular weight excluding hydrogens is 342 g/mol. The number of likely N-dealkylation sites (tertiary alicyclic amines) is 1. The first-order valence-corrected chi connectivity index (χ1v) is 9.33. The highest BCUT2D eigenvalue weighted by Crippen LogP contribution is 2.23. The lowest BCUT2D eigenvalue weighted by Gasteiger charge is -2.21. The van der Waals surface area contributed by atoms with Crippen molar-refractivity contribution in [1.82, 2.24) is 4.90 Å².